The minimum absolute atomic E-state index is 0.193. The van der Waals surface area contributed by atoms with E-state index in [-0.39, 0.29) is 12.2 Å². The smallest absolute Gasteiger partial charge is 0.338 e. The van der Waals surface area contributed by atoms with Gasteiger partial charge >= 0.3 is 5.97 Å². The largest absolute Gasteiger partial charge is 0.493 e. The lowest BCUT2D eigenvalue weighted by molar-refractivity contribution is -0.139. The summed E-state index contributed by atoms with van der Waals surface area (Å²) in [6.45, 7) is 4.37. The van der Waals surface area contributed by atoms with Gasteiger partial charge in [-0.05, 0) is 43.2 Å². The average Bonchev–Trinajstić information content (AvgIpc) is 3.12. The van der Waals surface area contributed by atoms with E-state index in [1.165, 1.54) is 11.3 Å². The number of thiazole rings is 1. The van der Waals surface area contributed by atoms with Crippen molar-refractivity contribution in [2.45, 2.75) is 19.9 Å². The first-order valence-electron chi connectivity index (χ1n) is 10.6. The van der Waals surface area contributed by atoms with Gasteiger partial charge in [-0.25, -0.2) is 9.79 Å². The van der Waals surface area contributed by atoms with Crippen LogP contribution in [0, 0.1) is 0 Å². The number of aromatic nitrogens is 1. The molecule has 3 aromatic rings. The van der Waals surface area contributed by atoms with Crippen molar-refractivity contribution >= 4 is 39.3 Å². The van der Waals surface area contributed by atoms with Crippen molar-refractivity contribution < 1.29 is 14.3 Å². The van der Waals surface area contributed by atoms with Gasteiger partial charge in [-0.1, -0.05) is 69.7 Å². The number of esters is 1. The molecule has 8 heteroatoms. The fourth-order valence-electron chi connectivity index (χ4n) is 3.71. The summed E-state index contributed by atoms with van der Waals surface area (Å²) < 4.78 is 13.0. The topological polar surface area (TPSA) is 69.9 Å². The van der Waals surface area contributed by atoms with Gasteiger partial charge in [0.05, 0.1) is 35.1 Å². The molecule has 170 valence electrons. The van der Waals surface area contributed by atoms with Gasteiger partial charge in [-0.15, -0.1) is 0 Å². The highest BCUT2D eigenvalue weighted by Gasteiger charge is 2.33. The second-order valence-electron chi connectivity index (χ2n) is 7.32. The van der Waals surface area contributed by atoms with Crippen molar-refractivity contribution in [2.75, 3.05) is 18.5 Å². The van der Waals surface area contributed by atoms with Crippen LogP contribution in [0.15, 0.2) is 75.7 Å². The first-order chi connectivity index (χ1) is 16.0. The molecule has 1 atom stereocenters. The maximum atomic E-state index is 13.5. The van der Waals surface area contributed by atoms with Gasteiger partial charge < -0.3 is 9.47 Å². The molecule has 1 aromatic heterocycles. The number of alkyl halides is 1. The van der Waals surface area contributed by atoms with Crippen LogP contribution in [0.5, 0.6) is 5.75 Å². The van der Waals surface area contributed by atoms with Crippen molar-refractivity contribution in [1.82, 2.24) is 4.57 Å². The molecule has 0 N–H and O–H groups in total. The Kier molecular flexibility index (Phi) is 7.25. The van der Waals surface area contributed by atoms with Crippen LogP contribution >= 0.6 is 27.3 Å². The number of rotatable bonds is 7. The summed E-state index contributed by atoms with van der Waals surface area (Å²) >= 11 is 4.65. The van der Waals surface area contributed by atoms with Gasteiger partial charge in [0.25, 0.3) is 5.56 Å². The number of benzene rings is 2. The molecule has 2 heterocycles. The Bertz CT molecular complexity index is 1360. The molecule has 0 saturated heterocycles. The van der Waals surface area contributed by atoms with Crippen LogP contribution in [0.3, 0.4) is 0 Å². The number of nitrogens with zero attached hydrogens (tertiary/aromatic N) is 2. The predicted octanol–water partition coefficient (Wildman–Crippen LogP) is 3.57. The molecule has 0 unspecified atom stereocenters. The summed E-state index contributed by atoms with van der Waals surface area (Å²) in [7, 11) is 0. The number of carbonyl (C=O) groups is 1. The number of halogens is 1. The predicted molar refractivity (Wildman–Crippen MR) is 133 cm³/mol. The molecule has 0 saturated carbocycles. The Labute approximate surface area is 203 Å². The molecule has 1 aliphatic heterocycles. The Morgan fingerprint density at radius 2 is 1.91 bits per heavy atom. The van der Waals surface area contributed by atoms with Gasteiger partial charge in [-0.2, -0.15) is 0 Å². The molecule has 0 amide bonds. The van der Waals surface area contributed by atoms with Gasteiger partial charge in [0, 0.05) is 5.33 Å². The van der Waals surface area contributed by atoms with Crippen molar-refractivity contribution in [1.29, 1.82) is 0 Å². The molecule has 4 rings (SSSR count). The number of hydrogen-bond acceptors (Lipinski definition) is 6. The van der Waals surface area contributed by atoms with E-state index in [4.69, 9.17) is 9.47 Å². The second kappa shape index (κ2) is 10.3. The third-order valence-electron chi connectivity index (χ3n) is 5.16. The van der Waals surface area contributed by atoms with E-state index in [0.717, 1.165) is 22.2 Å². The Morgan fingerprint density at radius 3 is 2.58 bits per heavy atom. The van der Waals surface area contributed by atoms with E-state index in [9.17, 15) is 9.59 Å². The number of carbonyl (C=O) groups excluding carboxylic acids is 1. The summed E-state index contributed by atoms with van der Waals surface area (Å²) in [4.78, 5) is 31.5. The molecule has 0 aliphatic carbocycles. The van der Waals surface area contributed by atoms with Crippen LogP contribution in [-0.4, -0.2) is 29.1 Å². The highest BCUT2D eigenvalue weighted by atomic mass is 79.9. The van der Waals surface area contributed by atoms with Gasteiger partial charge in [0.2, 0.25) is 0 Å². The second-order valence-corrected chi connectivity index (χ2v) is 9.12. The molecule has 0 fully saturated rings. The molecule has 6 nitrogen and oxygen atoms in total. The zero-order valence-corrected chi connectivity index (χ0v) is 20.7. The number of ether oxygens (including phenoxy) is 2. The van der Waals surface area contributed by atoms with Crippen molar-refractivity contribution in [2.24, 2.45) is 4.99 Å². The van der Waals surface area contributed by atoms with E-state index in [0.29, 0.717) is 27.2 Å². The van der Waals surface area contributed by atoms with E-state index in [2.05, 4.69) is 20.9 Å². The van der Waals surface area contributed by atoms with E-state index in [1.54, 1.807) is 18.4 Å². The highest BCUT2D eigenvalue weighted by Crippen LogP contribution is 2.30. The summed E-state index contributed by atoms with van der Waals surface area (Å²) in [6.07, 6.45) is 1.84. The van der Waals surface area contributed by atoms with Crippen LogP contribution in [0.25, 0.3) is 6.08 Å². The van der Waals surface area contributed by atoms with E-state index < -0.39 is 12.0 Å². The Hall–Kier alpha value is -2.97. The van der Waals surface area contributed by atoms with Crippen LogP contribution in [0.4, 0.5) is 0 Å². The fraction of sp³-hybridized carbons (Fsp3) is 0.240. The monoisotopic (exact) mass is 526 g/mol. The highest BCUT2D eigenvalue weighted by molar-refractivity contribution is 9.09. The SMILES string of the molecule is CCOC(=O)C1=C(C)N=c2s/c(=C\c3ccc(OCCBr)cc3)c(=O)n2[C@@H]1c1ccccc1. The van der Waals surface area contributed by atoms with Gasteiger partial charge in [0.1, 0.15) is 5.75 Å². The first kappa shape index (κ1) is 23.2. The van der Waals surface area contributed by atoms with Crippen LogP contribution in [-0.2, 0) is 9.53 Å². The molecule has 0 radical (unpaired) electrons. The summed E-state index contributed by atoms with van der Waals surface area (Å²) in [5.74, 6) is 0.313. The third kappa shape index (κ3) is 4.86. The lowest BCUT2D eigenvalue weighted by Gasteiger charge is -2.24. The van der Waals surface area contributed by atoms with Crippen LogP contribution < -0.4 is 19.6 Å². The van der Waals surface area contributed by atoms with E-state index in [1.807, 2.05) is 60.7 Å². The molecular formula is C25H23BrN2O4S. The molecule has 1 aliphatic rings. The Morgan fingerprint density at radius 1 is 1.18 bits per heavy atom. The summed E-state index contributed by atoms with van der Waals surface area (Å²) in [5.41, 5.74) is 2.46. The first-order valence-corrected chi connectivity index (χ1v) is 12.5. The Balaban J connectivity index is 1.83. The third-order valence-corrected chi connectivity index (χ3v) is 6.46. The number of hydrogen-bond donors (Lipinski definition) is 0. The number of allylic oxidation sites excluding steroid dienone is 1. The molecule has 0 spiro atoms. The quantitative estimate of drug-likeness (QED) is 0.348. The molecule has 33 heavy (non-hydrogen) atoms. The molecule has 2 aromatic carbocycles. The minimum atomic E-state index is -0.594. The lowest BCUT2D eigenvalue weighted by Crippen LogP contribution is -2.39. The van der Waals surface area contributed by atoms with Crippen molar-refractivity contribution in [3.05, 3.63) is 96.7 Å². The van der Waals surface area contributed by atoms with Crippen LogP contribution in [0.1, 0.15) is 31.0 Å². The maximum Gasteiger partial charge on any atom is 0.338 e. The number of fused-ring (bicyclic) bond motifs is 1. The van der Waals surface area contributed by atoms with E-state index >= 15 is 0 Å². The van der Waals surface area contributed by atoms with Crippen molar-refractivity contribution in [3.8, 4) is 5.75 Å². The maximum absolute atomic E-state index is 13.5. The minimum Gasteiger partial charge on any atom is -0.493 e. The van der Waals surface area contributed by atoms with Gasteiger partial charge in [-0.3, -0.25) is 9.36 Å². The van der Waals surface area contributed by atoms with Crippen LogP contribution in [0.2, 0.25) is 0 Å². The normalized spacial score (nSPS) is 15.7. The zero-order chi connectivity index (χ0) is 23.4. The average molecular weight is 527 g/mol. The summed E-state index contributed by atoms with van der Waals surface area (Å²) in [6, 6.07) is 16.5. The fourth-order valence-corrected chi connectivity index (χ4v) is 4.92. The lowest BCUT2D eigenvalue weighted by atomic mass is 9.96. The zero-order valence-electron chi connectivity index (χ0n) is 18.3. The molecular weight excluding hydrogens is 504 g/mol. The standard InChI is InChI=1S/C25H23BrN2O4S/c1-3-31-24(30)21-16(2)27-25-28(22(21)18-7-5-4-6-8-18)23(29)20(33-25)15-17-9-11-19(12-10-17)32-14-13-26/h4-12,15,22H,3,13-14H2,1-2H3/b20-15-/t22-/m1/s1. The van der Waals surface area contributed by atoms with Crippen molar-refractivity contribution in [3.63, 3.8) is 0 Å². The van der Waals surface area contributed by atoms with Gasteiger partial charge in [0.15, 0.2) is 4.80 Å². The summed E-state index contributed by atoms with van der Waals surface area (Å²) in [5, 5.41) is 0.756. The molecule has 0 bridgehead atoms.